The van der Waals surface area contributed by atoms with Gasteiger partial charge >= 0.3 is 0 Å². The van der Waals surface area contributed by atoms with Crippen molar-refractivity contribution in [2.45, 2.75) is 65.1 Å². The minimum atomic E-state index is -3.78. The summed E-state index contributed by atoms with van der Waals surface area (Å²) in [5.41, 5.74) is 2.84. The van der Waals surface area contributed by atoms with E-state index >= 15 is 0 Å². The highest BCUT2D eigenvalue weighted by Gasteiger charge is 2.31. The van der Waals surface area contributed by atoms with Gasteiger partial charge in [-0.3, -0.25) is 13.9 Å². The maximum Gasteiger partial charge on any atom is 0.244 e. The van der Waals surface area contributed by atoms with E-state index < -0.39 is 28.5 Å². The van der Waals surface area contributed by atoms with Crippen molar-refractivity contribution in [1.82, 2.24) is 10.2 Å². The van der Waals surface area contributed by atoms with Crippen molar-refractivity contribution in [3.8, 4) is 0 Å². The highest BCUT2D eigenvalue weighted by atomic mass is 35.5. The van der Waals surface area contributed by atoms with E-state index in [1.54, 1.807) is 37.3 Å². The predicted molar refractivity (Wildman–Crippen MR) is 145 cm³/mol. The first-order valence-electron chi connectivity index (χ1n) is 11.9. The molecule has 2 aromatic carbocycles. The average Bonchev–Trinajstić information content (AvgIpc) is 3.29. The summed E-state index contributed by atoms with van der Waals surface area (Å²) in [6.07, 6.45) is 5.01. The first kappa shape index (κ1) is 28.3. The van der Waals surface area contributed by atoms with E-state index in [4.69, 9.17) is 23.2 Å². The summed E-state index contributed by atoms with van der Waals surface area (Å²) in [6.45, 7) is 5.01. The molecule has 0 aromatic heterocycles. The number of carbonyl (C=O) groups is 2. The van der Waals surface area contributed by atoms with Crippen molar-refractivity contribution < 1.29 is 18.0 Å². The average molecular weight is 555 g/mol. The minimum absolute atomic E-state index is 0.0689. The van der Waals surface area contributed by atoms with E-state index in [9.17, 15) is 18.0 Å². The highest BCUT2D eigenvalue weighted by molar-refractivity contribution is 7.92. The second kappa shape index (κ2) is 11.8. The van der Waals surface area contributed by atoms with Crippen LogP contribution in [0.25, 0.3) is 0 Å². The number of benzene rings is 2. The summed E-state index contributed by atoms with van der Waals surface area (Å²) in [6, 6.07) is 9.64. The molecule has 3 rings (SSSR count). The molecule has 7 nitrogen and oxygen atoms in total. The number of halogens is 2. The van der Waals surface area contributed by atoms with E-state index in [-0.39, 0.29) is 18.5 Å². The van der Waals surface area contributed by atoms with Crippen molar-refractivity contribution >= 4 is 50.7 Å². The van der Waals surface area contributed by atoms with Gasteiger partial charge in [0.15, 0.2) is 0 Å². The molecule has 0 saturated heterocycles. The van der Waals surface area contributed by atoms with Gasteiger partial charge in [0.25, 0.3) is 0 Å². The van der Waals surface area contributed by atoms with Crippen LogP contribution in [0, 0.1) is 13.8 Å². The van der Waals surface area contributed by atoms with E-state index in [0.29, 0.717) is 21.3 Å². The number of nitrogens with one attached hydrogen (secondary N) is 1. The summed E-state index contributed by atoms with van der Waals surface area (Å²) in [5.74, 6) is -0.771. The number of hydrogen-bond acceptors (Lipinski definition) is 4. The Morgan fingerprint density at radius 2 is 1.64 bits per heavy atom. The van der Waals surface area contributed by atoms with Crippen LogP contribution in [0.5, 0.6) is 0 Å². The number of rotatable bonds is 9. The molecule has 2 amide bonds. The standard InChI is InChI=1S/C26H33Cl2N3O4S/c1-17-11-18(2)13-22(12-17)31(36(4,34)35)16-25(32)30(15-20-9-10-23(27)24(28)14-20)19(3)26(33)29-21-7-5-6-8-21/h9-14,19,21H,5-8,15-16H2,1-4H3,(H,29,33)/t19-/m0/s1. The maximum atomic E-state index is 13.7. The second-order valence-corrected chi connectivity index (χ2v) is 12.3. The molecule has 0 spiro atoms. The van der Waals surface area contributed by atoms with Crippen LogP contribution in [0.15, 0.2) is 36.4 Å². The van der Waals surface area contributed by atoms with Gasteiger partial charge in [-0.05, 0) is 74.6 Å². The minimum Gasteiger partial charge on any atom is -0.352 e. The molecule has 2 aromatic rings. The Morgan fingerprint density at radius 1 is 1.03 bits per heavy atom. The van der Waals surface area contributed by atoms with Gasteiger partial charge in [-0.15, -0.1) is 0 Å². The zero-order chi connectivity index (χ0) is 26.6. The van der Waals surface area contributed by atoms with Gasteiger partial charge in [0.1, 0.15) is 12.6 Å². The molecule has 1 N–H and O–H groups in total. The smallest absolute Gasteiger partial charge is 0.244 e. The molecule has 1 aliphatic rings. The molecular formula is C26H33Cl2N3O4S. The Bertz CT molecular complexity index is 1210. The van der Waals surface area contributed by atoms with Crippen LogP contribution in [0.1, 0.15) is 49.3 Å². The van der Waals surface area contributed by atoms with Gasteiger partial charge in [-0.25, -0.2) is 8.42 Å². The fourth-order valence-electron chi connectivity index (χ4n) is 4.52. The number of hydrogen-bond donors (Lipinski definition) is 1. The Morgan fingerprint density at radius 3 is 2.19 bits per heavy atom. The molecule has 1 atom stereocenters. The zero-order valence-electron chi connectivity index (χ0n) is 21.1. The van der Waals surface area contributed by atoms with Crippen LogP contribution in [-0.4, -0.2) is 50.0 Å². The highest BCUT2D eigenvalue weighted by Crippen LogP contribution is 2.25. The third-order valence-electron chi connectivity index (χ3n) is 6.38. The number of nitrogens with zero attached hydrogens (tertiary/aromatic N) is 2. The summed E-state index contributed by atoms with van der Waals surface area (Å²) in [5, 5.41) is 3.75. The molecule has 36 heavy (non-hydrogen) atoms. The molecule has 196 valence electrons. The van der Waals surface area contributed by atoms with E-state index in [0.717, 1.165) is 47.4 Å². The molecular weight excluding hydrogens is 521 g/mol. The normalized spacial score (nSPS) is 14.9. The van der Waals surface area contributed by atoms with Gasteiger partial charge < -0.3 is 10.2 Å². The molecule has 0 aliphatic heterocycles. The SMILES string of the molecule is Cc1cc(C)cc(N(CC(=O)N(Cc2ccc(Cl)c(Cl)c2)[C@@H](C)C(=O)NC2CCCC2)S(C)(=O)=O)c1. The topological polar surface area (TPSA) is 86.8 Å². The predicted octanol–water partition coefficient (Wildman–Crippen LogP) is 4.85. The zero-order valence-corrected chi connectivity index (χ0v) is 23.4. The van der Waals surface area contributed by atoms with Gasteiger partial charge in [0.05, 0.1) is 22.0 Å². The number of anilines is 1. The number of carbonyl (C=O) groups excluding carboxylic acids is 2. The van der Waals surface area contributed by atoms with Crippen molar-refractivity contribution in [3.63, 3.8) is 0 Å². The van der Waals surface area contributed by atoms with Crippen molar-refractivity contribution in [3.05, 3.63) is 63.1 Å². The lowest BCUT2D eigenvalue weighted by molar-refractivity contribution is -0.139. The Balaban J connectivity index is 1.92. The van der Waals surface area contributed by atoms with E-state index in [1.807, 2.05) is 19.9 Å². The third kappa shape index (κ3) is 7.37. The first-order chi connectivity index (χ1) is 16.8. The van der Waals surface area contributed by atoms with Crippen molar-refractivity contribution in [2.24, 2.45) is 0 Å². The summed E-state index contributed by atoms with van der Waals surface area (Å²) < 4.78 is 26.5. The van der Waals surface area contributed by atoms with Gasteiger partial charge in [-0.1, -0.05) is 48.2 Å². The number of amides is 2. The molecule has 0 heterocycles. The van der Waals surface area contributed by atoms with Crippen molar-refractivity contribution in [1.29, 1.82) is 0 Å². The molecule has 1 fully saturated rings. The van der Waals surface area contributed by atoms with Crippen LogP contribution in [0.4, 0.5) is 5.69 Å². The molecule has 0 unspecified atom stereocenters. The fraction of sp³-hybridized carbons (Fsp3) is 0.462. The van der Waals surface area contributed by atoms with Crippen LogP contribution in [0.3, 0.4) is 0 Å². The molecule has 10 heteroatoms. The lowest BCUT2D eigenvalue weighted by Gasteiger charge is -2.32. The molecule has 1 aliphatic carbocycles. The Kier molecular flexibility index (Phi) is 9.30. The van der Waals surface area contributed by atoms with Gasteiger partial charge in [-0.2, -0.15) is 0 Å². The van der Waals surface area contributed by atoms with Crippen LogP contribution in [-0.2, 0) is 26.2 Å². The fourth-order valence-corrected chi connectivity index (χ4v) is 5.67. The Labute approximate surface area is 223 Å². The van der Waals surface area contributed by atoms with E-state index in [1.165, 1.54) is 4.90 Å². The molecule has 0 bridgehead atoms. The van der Waals surface area contributed by atoms with E-state index in [2.05, 4.69) is 5.32 Å². The molecule has 1 saturated carbocycles. The van der Waals surface area contributed by atoms with Crippen molar-refractivity contribution in [2.75, 3.05) is 17.1 Å². The van der Waals surface area contributed by atoms with Crippen LogP contribution >= 0.6 is 23.2 Å². The lowest BCUT2D eigenvalue weighted by Crippen LogP contribution is -2.52. The number of aryl methyl sites for hydroxylation is 2. The lowest BCUT2D eigenvalue weighted by atomic mass is 10.1. The van der Waals surface area contributed by atoms with Gasteiger partial charge in [0, 0.05) is 12.6 Å². The summed E-state index contributed by atoms with van der Waals surface area (Å²) in [7, 11) is -3.78. The maximum absolute atomic E-state index is 13.7. The largest absolute Gasteiger partial charge is 0.352 e. The monoisotopic (exact) mass is 553 g/mol. The quantitative estimate of drug-likeness (QED) is 0.480. The second-order valence-electron chi connectivity index (χ2n) is 9.55. The third-order valence-corrected chi connectivity index (χ3v) is 8.26. The Hall–Kier alpha value is -2.29. The summed E-state index contributed by atoms with van der Waals surface area (Å²) in [4.78, 5) is 28.2. The number of sulfonamides is 1. The van der Waals surface area contributed by atoms with Crippen LogP contribution in [0.2, 0.25) is 10.0 Å². The summed E-state index contributed by atoms with van der Waals surface area (Å²) >= 11 is 12.2. The molecule has 0 radical (unpaired) electrons. The van der Waals surface area contributed by atoms with Crippen LogP contribution < -0.4 is 9.62 Å². The first-order valence-corrected chi connectivity index (χ1v) is 14.6. The van der Waals surface area contributed by atoms with Gasteiger partial charge in [0.2, 0.25) is 21.8 Å².